The molecule has 0 aliphatic carbocycles. The van der Waals surface area contributed by atoms with Crippen molar-refractivity contribution in [3.8, 4) is 22.3 Å². The lowest BCUT2D eigenvalue weighted by Crippen LogP contribution is -2.11. The molecule has 8 aromatic carbocycles. The van der Waals surface area contributed by atoms with Crippen molar-refractivity contribution in [3.05, 3.63) is 176 Å². The van der Waals surface area contributed by atoms with Crippen molar-refractivity contribution >= 4 is 90.9 Å². The van der Waals surface area contributed by atoms with E-state index in [2.05, 4.69) is 181 Å². The Morgan fingerprint density at radius 2 is 0.980 bits per heavy atom. The summed E-state index contributed by atoms with van der Waals surface area (Å²) in [5.74, 6) is 0. The molecule has 0 bridgehead atoms. The second kappa shape index (κ2) is 11.5. The fourth-order valence-corrected chi connectivity index (χ4v) is 9.78. The van der Waals surface area contributed by atoms with Crippen molar-refractivity contribution < 1.29 is 0 Å². The minimum atomic E-state index is 1.13. The number of anilines is 3. The largest absolute Gasteiger partial charge is 0.310 e. The van der Waals surface area contributed by atoms with Crippen molar-refractivity contribution in [2.45, 2.75) is 0 Å². The van der Waals surface area contributed by atoms with Crippen LogP contribution in [0.3, 0.4) is 0 Å². The van der Waals surface area contributed by atoms with E-state index in [-0.39, 0.29) is 0 Å². The summed E-state index contributed by atoms with van der Waals surface area (Å²) in [4.78, 5) is 2.42. The summed E-state index contributed by atoms with van der Waals surface area (Å²) in [6.45, 7) is 0. The molecule has 1 nitrogen and oxygen atoms in total. The van der Waals surface area contributed by atoms with Crippen molar-refractivity contribution in [2.24, 2.45) is 0 Å². The van der Waals surface area contributed by atoms with E-state index in [1.165, 1.54) is 73.4 Å². The standard InChI is InChI=1S/C46H29NS2/c1-2-12-30(13-3-1)35-15-6-9-19-41(35)47(34-26-27-38-37-17-7-10-20-42(37)48-44(38)29-34)33-24-22-31(23-25-33)40-28-32-14-4-5-16-36(32)45-39-18-8-11-21-43(39)49-46(40)45/h1-29H. The van der Waals surface area contributed by atoms with E-state index in [0.29, 0.717) is 0 Å². The lowest BCUT2D eigenvalue weighted by molar-refractivity contribution is 1.29. The van der Waals surface area contributed by atoms with Crippen molar-refractivity contribution in [1.82, 2.24) is 0 Å². The number of hydrogen-bond donors (Lipinski definition) is 0. The third-order valence-corrected chi connectivity index (χ3v) is 12.0. The van der Waals surface area contributed by atoms with Gasteiger partial charge in [0.15, 0.2) is 0 Å². The average Bonchev–Trinajstić information content (AvgIpc) is 3.74. The van der Waals surface area contributed by atoms with E-state index in [1.54, 1.807) is 0 Å². The van der Waals surface area contributed by atoms with Gasteiger partial charge in [-0.2, -0.15) is 0 Å². The molecule has 0 spiro atoms. The highest BCUT2D eigenvalue weighted by atomic mass is 32.1. The first-order chi connectivity index (χ1) is 24.3. The van der Waals surface area contributed by atoms with Crippen LogP contribution in [0.25, 0.3) is 73.4 Å². The van der Waals surface area contributed by atoms with E-state index < -0.39 is 0 Å². The SMILES string of the molecule is c1ccc(-c2ccccc2N(c2ccc(-c3cc4ccccc4c4c3sc3ccccc34)cc2)c2ccc3c(c2)sc2ccccc23)cc1. The maximum absolute atomic E-state index is 2.42. The van der Waals surface area contributed by atoms with Crippen LogP contribution in [0.1, 0.15) is 0 Å². The number of thiophene rings is 2. The van der Waals surface area contributed by atoms with E-state index in [4.69, 9.17) is 0 Å². The minimum Gasteiger partial charge on any atom is -0.310 e. The summed E-state index contributed by atoms with van der Waals surface area (Å²) in [7, 11) is 0. The maximum Gasteiger partial charge on any atom is 0.0540 e. The molecule has 0 aliphatic rings. The molecule has 0 saturated heterocycles. The lowest BCUT2D eigenvalue weighted by Gasteiger charge is -2.28. The van der Waals surface area contributed by atoms with Gasteiger partial charge in [0, 0.05) is 62.8 Å². The minimum absolute atomic E-state index is 1.13. The van der Waals surface area contributed by atoms with Crippen molar-refractivity contribution in [2.75, 3.05) is 4.90 Å². The van der Waals surface area contributed by atoms with Crippen LogP contribution in [0.5, 0.6) is 0 Å². The number of rotatable bonds is 5. The van der Waals surface area contributed by atoms with Gasteiger partial charge in [0.05, 0.1) is 5.69 Å². The fourth-order valence-electron chi connectivity index (χ4n) is 7.39. The second-order valence-electron chi connectivity index (χ2n) is 12.5. The first kappa shape index (κ1) is 28.3. The Kier molecular flexibility index (Phi) is 6.61. The predicted molar refractivity (Wildman–Crippen MR) is 215 cm³/mol. The molecule has 0 aliphatic heterocycles. The third-order valence-electron chi connectivity index (χ3n) is 9.66. The molecule has 10 aromatic rings. The van der Waals surface area contributed by atoms with Crippen molar-refractivity contribution in [1.29, 1.82) is 0 Å². The van der Waals surface area contributed by atoms with Crippen LogP contribution in [0.4, 0.5) is 17.1 Å². The number of nitrogens with zero attached hydrogens (tertiary/aromatic N) is 1. The monoisotopic (exact) mass is 659 g/mol. The van der Waals surface area contributed by atoms with Crippen LogP contribution in [-0.2, 0) is 0 Å². The predicted octanol–water partition coefficient (Wildman–Crippen LogP) is 14.4. The summed E-state index contributed by atoms with van der Waals surface area (Å²) in [6.07, 6.45) is 0. The molecule has 0 radical (unpaired) electrons. The molecule has 230 valence electrons. The van der Waals surface area contributed by atoms with Gasteiger partial charge in [-0.05, 0) is 70.4 Å². The lowest BCUT2D eigenvalue weighted by atomic mass is 9.96. The van der Waals surface area contributed by atoms with Gasteiger partial charge in [0.1, 0.15) is 0 Å². The van der Waals surface area contributed by atoms with Crippen LogP contribution in [-0.4, -0.2) is 0 Å². The molecule has 0 amide bonds. The molecule has 2 aromatic heterocycles. The topological polar surface area (TPSA) is 3.24 Å². The second-order valence-corrected chi connectivity index (χ2v) is 14.6. The zero-order valence-corrected chi connectivity index (χ0v) is 28.1. The highest BCUT2D eigenvalue weighted by Crippen LogP contribution is 2.46. The molecular formula is C46H29NS2. The Labute approximate surface area is 292 Å². The molecule has 3 heteroatoms. The van der Waals surface area contributed by atoms with Crippen LogP contribution in [0.2, 0.25) is 0 Å². The molecule has 2 heterocycles. The van der Waals surface area contributed by atoms with Gasteiger partial charge >= 0.3 is 0 Å². The molecule has 49 heavy (non-hydrogen) atoms. The van der Waals surface area contributed by atoms with Gasteiger partial charge in [-0.1, -0.05) is 127 Å². The highest BCUT2D eigenvalue weighted by Gasteiger charge is 2.20. The first-order valence-electron chi connectivity index (χ1n) is 16.6. The van der Waals surface area contributed by atoms with E-state index in [9.17, 15) is 0 Å². The Bertz CT molecular complexity index is 2830. The normalized spacial score (nSPS) is 11.7. The fraction of sp³-hybridized carbons (Fsp3) is 0. The number of para-hydroxylation sites is 1. The number of fused-ring (bicyclic) bond motifs is 8. The third kappa shape index (κ3) is 4.66. The highest BCUT2D eigenvalue weighted by molar-refractivity contribution is 7.26. The molecule has 0 N–H and O–H groups in total. The van der Waals surface area contributed by atoms with Gasteiger partial charge in [-0.3, -0.25) is 0 Å². The molecular weight excluding hydrogens is 631 g/mol. The smallest absolute Gasteiger partial charge is 0.0540 e. The molecule has 0 atom stereocenters. The zero-order valence-electron chi connectivity index (χ0n) is 26.5. The summed E-state index contributed by atoms with van der Waals surface area (Å²) in [6, 6.07) is 64.3. The molecule has 0 unspecified atom stereocenters. The first-order valence-corrected chi connectivity index (χ1v) is 18.2. The summed E-state index contributed by atoms with van der Waals surface area (Å²) in [5, 5.41) is 7.89. The van der Waals surface area contributed by atoms with Crippen LogP contribution in [0, 0.1) is 0 Å². The number of benzene rings is 8. The summed E-state index contributed by atoms with van der Waals surface area (Å²) in [5.41, 5.74) is 8.33. The van der Waals surface area contributed by atoms with E-state index in [0.717, 1.165) is 17.1 Å². The average molecular weight is 660 g/mol. The Morgan fingerprint density at radius 1 is 0.367 bits per heavy atom. The van der Waals surface area contributed by atoms with Gasteiger partial charge in [-0.25, -0.2) is 0 Å². The van der Waals surface area contributed by atoms with Crippen LogP contribution >= 0.6 is 22.7 Å². The van der Waals surface area contributed by atoms with Crippen molar-refractivity contribution in [3.63, 3.8) is 0 Å². The van der Waals surface area contributed by atoms with Gasteiger partial charge < -0.3 is 4.90 Å². The quantitative estimate of drug-likeness (QED) is 0.178. The molecule has 0 fully saturated rings. The summed E-state index contributed by atoms with van der Waals surface area (Å²) < 4.78 is 5.28. The number of hydrogen-bond acceptors (Lipinski definition) is 3. The molecule has 0 saturated carbocycles. The molecule has 10 rings (SSSR count). The Balaban J connectivity index is 1.17. The Hall–Kier alpha value is -5.74. The van der Waals surface area contributed by atoms with Crippen LogP contribution < -0.4 is 4.90 Å². The Morgan fingerprint density at radius 3 is 1.82 bits per heavy atom. The van der Waals surface area contributed by atoms with E-state index >= 15 is 0 Å². The van der Waals surface area contributed by atoms with Gasteiger partial charge in [0.2, 0.25) is 0 Å². The maximum atomic E-state index is 2.42. The van der Waals surface area contributed by atoms with Crippen LogP contribution in [0.15, 0.2) is 176 Å². The van der Waals surface area contributed by atoms with Gasteiger partial charge in [-0.15, -0.1) is 22.7 Å². The summed E-state index contributed by atoms with van der Waals surface area (Å²) >= 11 is 3.76. The zero-order chi connectivity index (χ0) is 32.3. The van der Waals surface area contributed by atoms with E-state index in [1.807, 2.05) is 22.7 Å². The van der Waals surface area contributed by atoms with Gasteiger partial charge in [0.25, 0.3) is 0 Å².